The van der Waals surface area contributed by atoms with E-state index in [-0.39, 0.29) is 5.97 Å². The molecule has 0 aromatic heterocycles. The fourth-order valence-corrected chi connectivity index (χ4v) is 1.74. The number of carbonyl (C=O) groups excluding carboxylic acids is 1. The summed E-state index contributed by atoms with van der Waals surface area (Å²) in [4.78, 5) is 11.5. The van der Waals surface area contributed by atoms with Gasteiger partial charge in [-0.25, -0.2) is 4.79 Å². The standard InChI is InChI=1S/C18H22O2/c1-4-16(14-15(3)18(19)20-5-2)12-9-13-17-10-7-6-8-11-17/h6-13H,3-5,14H2,1-2H3/b13-9+,16-12+. The van der Waals surface area contributed by atoms with Gasteiger partial charge in [0, 0.05) is 12.0 Å². The molecule has 0 unspecified atom stereocenters. The molecule has 0 radical (unpaired) electrons. The van der Waals surface area contributed by atoms with E-state index >= 15 is 0 Å². The van der Waals surface area contributed by atoms with Crippen molar-refractivity contribution in [3.05, 3.63) is 65.8 Å². The summed E-state index contributed by atoms with van der Waals surface area (Å²) in [7, 11) is 0. The number of hydrogen-bond acceptors (Lipinski definition) is 2. The van der Waals surface area contributed by atoms with Gasteiger partial charge in [0.15, 0.2) is 0 Å². The molecule has 0 N–H and O–H groups in total. The van der Waals surface area contributed by atoms with Crippen LogP contribution in [0.25, 0.3) is 6.08 Å². The minimum atomic E-state index is -0.307. The van der Waals surface area contributed by atoms with Crippen LogP contribution in [-0.4, -0.2) is 12.6 Å². The van der Waals surface area contributed by atoms with E-state index in [1.807, 2.05) is 48.6 Å². The maximum atomic E-state index is 11.5. The normalized spacial score (nSPS) is 11.6. The van der Waals surface area contributed by atoms with Crippen LogP contribution in [0.5, 0.6) is 0 Å². The van der Waals surface area contributed by atoms with E-state index in [1.54, 1.807) is 6.92 Å². The maximum Gasteiger partial charge on any atom is 0.333 e. The highest BCUT2D eigenvalue weighted by molar-refractivity contribution is 5.88. The molecule has 0 spiro atoms. The van der Waals surface area contributed by atoms with Crippen LogP contribution in [0.3, 0.4) is 0 Å². The zero-order chi connectivity index (χ0) is 14.8. The average molecular weight is 270 g/mol. The van der Waals surface area contributed by atoms with Crippen molar-refractivity contribution < 1.29 is 9.53 Å². The molecule has 1 aromatic rings. The summed E-state index contributed by atoms with van der Waals surface area (Å²) in [6.45, 7) is 8.04. The van der Waals surface area contributed by atoms with Gasteiger partial charge in [-0.1, -0.05) is 67.6 Å². The van der Waals surface area contributed by atoms with Crippen molar-refractivity contribution >= 4 is 12.0 Å². The predicted molar refractivity (Wildman–Crippen MR) is 84.2 cm³/mol. The fourth-order valence-electron chi connectivity index (χ4n) is 1.74. The van der Waals surface area contributed by atoms with Gasteiger partial charge in [-0.15, -0.1) is 0 Å². The first-order chi connectivity index (χ1) is 9.67. The van der Waals surface area contributed by atoms with Gasteiger partial charge in [-0.2, -0.15) is 0 Å². The van der Waals surface area contributed by atoms with Gasteiger partial charge >= 0.3 is 5.97 Å². The van der Waals surface area contributed by atoms with Crippen LogP contribution < -0.4 is 0 Å². The summed E-state index contributed by atoms with van der Waals surface area (Å²) in [5, 5.41) is 0. The Bertz CT molecular complexity index is 495. The Morgan fingerprint density at radius 3 is 2.55 bits per heavy atom. The monoisotopic (exact) mass is 270 g/mol. The SMILES string of the molecule is C=C(C/C(=C/C=C/c1ccccc1)CC)C(=O)OCC. The fraction of sp³-hybridized carbons (Fsp3) is 0.278. The average Bonchev–Trinajstić information content (AvgIpc) is 2.47. The maximum absolute atomic E-state index is 11.5. The highest BCUT2D eigenvalue weighted by atomic mass is 16.5. The first-order valence-corrected chi connectivity index (χ1v) is 6.93. The Hall–Kier alpha value is -2.09. The quantitative estimate of drug-likeness (QED) is 0.413. The number of esters is 1. The van der Waals surface area contributed by atoms with Gasteiger partial charge in [-0.3, -0.25) is 0 Å². The lowest BCUT2D eigenvalue weighted by atomic mass is 10.0. The van der Waals surface area contributed by atoms with Gasteiger partial charge in [-0.05, 0) is 18.9 Å². The van der Waals surface area contributed by atoms with Crippen LogP contribution in [0.4, 0.5) is 0 Å². The van der Waals surface area contributed by atoms with Crippen LogP contribution >= 0.6 is 0 Å². The molecule has 1 rings (SSSR count). The number of benzene rings is 1. The zero-order valence-corrected chi connectivity index (χ0v) is 12.3. The molecule has 0 aliphatic carbocycles. The van der Waals surface area contributed by atoms with E-state index in [2.05, 4.69) is 13.5 Å². The molecule has 106 valence electrons. The van der Waals surface area contributed by atoms with Gasteiger partial charge < -0.3 is 4.74 Å². The van der Waals surface area contributed by atoms with Gasteiger partial charge in [0.2, 0.25) is 0 Å². The largest absolute Gasteiger partial charge is 0.463 e. The lowest BCUT2D eigenvalue weighted by molar-refractivity contribution is -0.138. The molecule has 2 nitrogen and oxygen atoms in total. The molecule has 2 heteroatoms. The number of carbonyl (C=O) groups is 1. The smallest absolute Gasteiger partial charge is 0.333 e. The van der Waals surface area contributed by atoms with Crippen LogP contribution in [0.2, 0.25) is 0 Å². The lowest BCUT2D eigenvalue weighted by Gasteiger charge is -2.06. The third-order valence-electron chi connectivity index (χ3n) is 2.88. The molecule has 0 heterocycles. The summed E-state index contributed by atoms with van der Waals surface area (Å²) in [6, 6.07) is 10.1. The Morgan fingerprint density at radius 1 is 1.25 bits per heavy atom. The van der Waals surface area contributed by atoms with Crippen molar-refractivity contribution in [1.29, 1.82) is 0 Å². The van der Waals surface area contributed by atoms with Crippen molar-refractivity contribution in [1.82, 2.24) is 0 Å². The second-order valence-electron chi connectivity index (χ2n) is 4.45. The summed E-state index contributed by atoms with van der Waals surface area (Å²) < 4.78 is 4.94. The summed E-state index contributed by atoms with van der Waals surface area (Å²) in [6.07, 6.45) is 7.54. The molecular formula is C18H22O2. The Labute approximate surface area is 121 Å². The first kappa shape index (κ1) is 16.0. The lowest BCUT2D eigenvalue weighted by Crippen LogP contribution is -2.07. The molecular weight excluding hydrogens is 248 g/mol. The van der Waals surface area contributed by atoms with Crippen LogP contribution in [-0.2, 0) is 9.53 Å². The first-order valence-electron chi connectivity index (χ1n) is 6.93. The molecule has 0 aliphatic rings. The molecule has 0 bridgehead atoms. The van der Waals surface area contributed by atoms with E-state index in [4.69, 9.17) is 4.74 Å². The second kappa shape index (κ2) is 8.92. The van der Waals surface area contributed by atoms with Crippen molar-refractivity contribution in [2.24, 2.45) is 0 Å². The van der Waals surface area contributed by atoms with E-state index in [1.165, 1.54) is 0 Å². The Balaban J connectivity index is 2.62. The van der Waals surface area contributed by atoms with E-state index in [0.717, 1.165) is 17.6 Å². The molecule has 0 saturated heterocycles. The summed E-state index contributed by atoms with van der Waals surface area (Å²) >= 11 is 0. The van der Waals surface area contributed by atoms with Crippen molar-refractivity contribution in [3.63, 3.8) is 0 Å². The topological polar surface area (TPSA) is 26.3 Å². The van der Waals surface area contributed by atoms with E-state index < -0.39 is 0 Å². The summed E-state index contributed by atoms with van der Waals surface area (Å²) in [5.74, 6) is -0.307. The van der Waals surface area contributed by atoms with Crippen molar-refractivity contribution in [3.8, 4) is 0 Å². The van der Waals surface area contributed by atoms with Crippen LogP contribution in [0, 0.1) is 0 Å². The van der Waals surface area contributed by atoms with Crippen LogP contribution in [0.15, 0.2) is 60.2 Å². The Morgan fingerprint density at radius 2 is 1.95 bits per heavy atom. The molecule has 1 aromatic carbocycles. The molecule has 0 saturated carbocycles. The molecule has 20 heavy (non-hydrogen) atoms. The Kier molecular flexibility index (Phi) is 7.12. The van der Waals surface area contributed by atoms with E-state index in [9.17, 15) is 4.79 Å². The zero-order valence-electron chi connectivity index (χ0n) is 12.3. The molecule has 0 amide bonds. The van der Waals surface area contributed by atoms with Gasteiger partial charge in [0.25, 0.3) is 0 Å². The highest BCUT2D eigenvalue weighted by Gasteiger charge is 2.08. The summed E-state index contributed by atoms with van der Waals surface area (Å²) in [5.41, 5.74) is 2.83. The third-order valence-corrected chi connectivity index (χ3v) is 2.88. The van der Waals surface area contributed by atoms with Crippen LogP contribution in [0.1, 0.15) is 32.3 Å². The predicted octanol–water partition coefficient (Wildman–Crippen LogP) is 4.55. The molecule has 0 fully saturated rings. The third kappa shape index (κ3) is 5.70. The molecule has 0 aliphatic heterocycles. The number of allylic oxidation sites excluding steroid dienone is 3. The van der Waals surface area contributed by atoms with Crippen molar-refractivity contribution in [2.45, 2.75) is 26.7 Å². The number of rotatable bonds is 7. The minimum Gasteiger partial charge on any atom is -0.463 e. The highest BCUT2D eigenvalue weighted by Crippen LogP contribution is 2.15. The number of hydrogen-bond donors (Lipinski definition) is 0. The van der Waals surface area contributed by atoms with Gasteiger partial charge in [0.05, 0.1) is 6.61 Å². The molecule has 0 atom stereocenters. The minimum absolute atomic E-state index is 0.307. The van der Waals surface area contributed by atoms with Gasteiger partial charge in [0.1, 0.15) is 0 Å². The second-order valence-corrected chi connectivity index (χ2v) is 4.45. The van der Waals surface area contributed by atoms with Crippen molar-refractivity contribution in [2.75, 3.05) is 6.61 Å². The number of ether oxygens (including phenoxy) is 1. The van der Waals surface area contributed by atoms with E-state index in [0.29, 0.717) is 18.6 Å².